The highest BCUT2D eigenvalue weighted by atomic mass is 79.9. The molecule has 106 valence electrons. The fourth-order valence-electron chi connectivity index (χ4n) is 1.76. The van der Waals surface area contributed by atoms with E-state index < -0.39 is 0 Å². The normalized spacial score (nSPS) is 12.2. The molecule has 19 heavy (non-hydrogen) atoms. The predicted molar refractivity (Wildman–Crippen MR) is 81.0 cm³/mol. The number of anilines is 1. The largest absolute Gasteiger partial charge is 0.380 e. The van der Waals surface area contributed by atoms with E-state index in [-0.39, 0.29) is 11.9 Å². The maximum atomic E-state index is 11.9. The standard InChI is InChI=1S/C14H21BrN2O2/c1-10(16)5-3-8-14(18)17-13-7-4-6-12(15)11(13)9-19-2/h4,6-7,10H,3,5,8-9,16H2,1-2H3,(H,17,18). The van der Waals surface area contributed by atoms with Gasteiger partial charge in [0, 0.05) is 35.3 Å². The van der Waals surface area contributed by atoms with Crippen LogP contribution in [0.2, 0.25) is 0 Å². The quantitative estimate of drug-likeness (QED) is 0.808. The predicted octanol–water partition coefficient (Wildman–Crippen LogP) is 3.05. The van der Waals surface area contributed by atoms with Crippen molar-refractivity contribution in [2.24, 2.45) is 5.73 Å². The van der Waals surface area contributed by atoms with Crippen molar-refractivity contribution < 1.29 is 9.53 Å². The van der Waals surface area contributed by atoms with Gasteiger partial charge in [-0.25, -0.2) is 0 Å². The van der Waals surface area contributed by atoms with Crippen molar-refractivity contribution in [2.75, 3.05) is 12.4 Å². The Labute approximate surface area is 122 Å². The molecular formula is C14H21BrN2O2. The maximum Gasteiger partial charge on any atom is 0.224 e. The van der Waals surface area contributed by atoms with Crippen molar-refractivity contribution in [1.82, 2.24) is 0 Å². The van der Waals surface area contributed by atoms with Gasteiger partial charge in [0.1, 0.15) is 0 Å². The average Bonchev–Trinajstić information content (AvgIpc) is 2.33. The molecule has 0 fully saturated rings. The highest BCUT2D eigenvalue weighted by Crippen LogP contribution is 2.25. The van der Waals surface area contributed by atoms with E-state index >= 15 is 0 Å². The second kappa shape index (κ2) is 8.30. The summed E-state index contributed by atoms with van der Waals surface area (Å²) >= 11 is 3.46. The van der Waals surface area contributed by atoms with Gasteiger partial charge in [-0.05, 0) is 31.9 Å². The monoisotopic (exact) mass is 328 g/mol. The Hall–Kier alpha value is -0.910. The number of benzene rings is 1. The Bertz CT molecular complexity index is 422. The zero-order chi connectivity index (χ0) is 14.3. The second-order valence-corrected chi connectivity index (χ2v) is 5.47. The summed E-state index contributed by atoms with van der Waals surface area (Å²) in [5.74, 6) is 0.0103. The Morgan fingerprint density at radius 3 is 2.89 bits per heavy atom. The van der Waals surface area contributed by atoms with Crippen LogP contribution in [0.4, 0.5) is 5.69 Å². The Morgan fingerprint density at radius 1 is 1.53 bits per heavy atom. The topological polar surface area (TPSA) is 64.3 Å². The highest BCUT2D eigenvalue weighted by molar-refractivity contribution is 9.10. The number of carbonyl (C=O) groups is 1. The first kappa shape index (κ1) is 16.1. The third-order valence-corrected chi connectivity index (χ3v) is 3.49. The van der Waals surface area contributed by atoms with Gasteiger partial charge in [0.05, 0.1) is 6.61 Å². The van der Waals surface area contributed by atoms with Crippen LogP contribution in [0.25, 0.3) is 0 Å². The van der Waals surface area contributed by atoms with Crippen molar-refractivity contribution in [3.8, 4) is 0 Å². The van der Waals surface area contributed by atoms with Crippen LogP contribution >= 0.6 is 15.9 Å². The number of rotatable bonds is 7. The molecule has 0 aliphatic rings. The molecule has 3 N–H and O–H groups in total. The minimum atomic E-state index is 0.0103. The first-order valence-electron chi connectivity index (χ1n) is 6.36. The molecule has 0 radical (unpaired) electrons. The molecule has 5 heteroatoms. The van der Waals surface area contributed by atoms with Crippen LogP contribution in [0.1, 0.15) is 31.7 Å². The van der Waals surface area contributed by atoms with Gasteiger partial charge in [0.25, 0.3) is 0 Å². The smallest absolute Gasteiger partial charge is 0.224 e. The van der Waals surface area contributed by atoms with Crippen molar-refractivity contribution in [2.45, 2.75) is 38.8 Å². The van der Waals surface area contributed by atoms with Gasteiger partial charge in [-0.15, -0.1) is 0 Å². The van der Waals surface area contributed by atoms with Crippen molar-refractivity contribution in [1.29, 1.82) is 0 Å². The molecule has 1 rings (SSSR count). The molecule has 0 aromatic heterocycles. The fourth-order valence-corrected chi connectivity index (χ4v) is 2.24. The minimum Gasteiger partial charge on any atom is -0.380 e. The van der Waals surface area contributed by atoms with Crippen LogP contribution in [-0.4, -0.2) is 19.1 Å². The molecule has 1 unspecified atom stereocenters. The molecule has 1 aromatic carbocycles. The molecule has 4 nitrogen and oxygen atoms in total. The Balaban J connectivity index is 2.61. The number of ether oxygens (including phenoxy) is 1. The van der Waals surface area contributed by atoms with Crippen molar-refractivity contribution in [3.63, 3.8) is 0 Å². The first-order valence-corrected chi connectivity index (χ1v) is 7.15. The van der Waals surface area contributed by atoms with Crippen LogP contribution < -0.4 is 11.1 Å². The lowest BCUT2D eigenvalue weighted by atomic mass is 10.1. The van der Waals surface area contributed by atoms with Crippen LogP contribution in [0.3, 0.4) is 0 Å². The molecule has 0 spiro atoms. The van der Waals surface area contributed by atoms with E-state index in [0.29, 0.717) is 13.0 Å². The third kappa shape index (κ3) is 5.72. The summed E-state index contributed by atoms with van der Waals surface area (Å²) in [4.78, 5) is 11.9. The van der Waals surface area contributed by atoms with Crippen LogP contribution in [0.15, 0.2) is 22.7 Å². The van der Waals surface area contributed by atoms with E-state index in [1.165, 1.54) is 0 Å². The lowest BCUT2D eigenvalue weighted by molar-refractivity contribution is -0.116. The summed E-state index contributed by atoms with van der Waals surface area (Å²) in [6, 6.07) is 5.84. The molecule has 1 aromatic rings. The molecule has 0 bridgehead atoms. The summed E-state index contributed by atoms with van der Waals surface area (Å²) in [7, 11) is 1.63. The van der Waals surface area contributed by atoms with Gasteiger partial charge in [0.2, 0.25) is 5.91 Å². The van der Waals surface area contributed by atoms with E-state index in [1.807, 2.05) is 25.1 Å². The van der Waals surface area contributed by atoms with Crippen LogP contribution in [0.5, 0.6) is 0 Å². The second-order valence-electron chi connectivity index (χ2n) is 4.62. The zero-order valence-corrected chi connectivity index (χ0v) is 13.0. The minimum absolute atomic E-state index is 0.0103. The number of nitrogens with two attached hydrogens (primary N) is 1. The maximum absolute atomic E-state index is 11.9. The fraction of sp³-hybridized carbons (Fsp3) is 0.500. The summed E-state index contributed by atoms with van der Waals surface area (Å²) in [6.45, 7) is 2.40. The summed E-state index contributed by atoms with van der Waals surface area (Å²) in [6.07, 6.45) is 2.15. The molecular weight excluding hydrogens is 308 g/mol. The van der Waals surface area contributed by atoms with Gasteiger partial charge in [-0.2, -0.15) is 0 Å². The molecule has 0 saturated carbocycles. The van der Waals surface area contributed by atoms with E-state index in [9.17, 15) is 4.79 Å². The first-order chi connectivity index (χ1) is 9.04. The van der Waals surface area contributed by atoms with Crippen molar-refractivity contribution >= 4 is 27.5 Å². The van der Waals surface area contributed by atoms with Crippen LogP contribution in [-0.2, 0) is 16.1 Å². The SMILES string of the molecule is COCc1c(Br)cccc1NC(=O)CCCC(C)N. The van der Waals surface area contributed by atoms with Crippen LogP contribution in [0, 0.1) is 0 Å². The Kier molecular flexibility index (Phi) is 7.05. The molecule has 1 atom stereocenters. The summed E-state index contributed by atoms with van der Waals surface area (Å²) < 4.78 is 6.08. The van der Waals surface area contributed by atoms with Crippen molar-refractivity contribution in [3.05, 3.63) is 28.2 Å². The average molecular weight is 329 g/mol. The Morgan fingerprint density at radius 2 is 2.26 bits per heavy atom. The summed E-state index contributed by atoms with van der Waals surface area (Å²) in [5, 5.41) is 2.92. The highest BCUT2D eigenvalue weighted by Gasteiger charge is 2.09. The third-order valence-electron chi connectivity index (χ3n) is 2.74. The van der Waals surface area contributed by atoms with E-state index in [0.717, 1.165) is 28.6 Å². The van der Waals surface area contributed by atoms with Gasteiger partial charge in [-0.3, -0.25) is 4.79 Å². The molecule has 0 heterocycles. The molecule has 0 aliphatic carbocycles. The van der Waals surface area contributed by atoms with Gasteiger partial charge in [-0.1, -0.05) is 22.0 Å². The number of hydrogen-bond donors (Lipinski definition) is 2. The van der Waals surface area contributed by atoms with Gasteiger partial charge >= 0.3 is 0 Å². The molecule has 0 saturated heterocycles. The zero-order valence-electron chi connectivity index (χ0n) is 11.4. The molecule has 1 amide bonds. The number of hydrogen-bond acceptors (Lipinski definition) is 3. The number of carbonyl (C=O) groups excluding carboxylic acids is 1. The lowest BCUT2D eigenvalue weighted by Gasteiger charge is -2.12. The number of methoxy groups -OCH3 is 1. The van der Waals surface area contributed by atoms with E-state index in [2.05, 4.69) is 21.2 Å². The lowest BCUT2D eigenvalue weighted by Crippen LogP contribution is -2.17. The van der Waals surface area contributed by atoms with Gasteiger partial charge in [0.15, 0.2) is 0 Å². The number of nitrogens with one attached hydrogen (secondary N) is 1. The van der Waals surface area contributed by atoms with E-state index in [4.69, 9.17) is 10.5 Å². The summed E-state index contributed by atoms with van der Waals surface area (Å²) in [5.41, 5.74) is 7.40. The number of halogens is 1. The number of amides is 1. The molecule has 0 aliphatic heterocycles. The van der Waals surface area contributed by atoms with Gasteiger partial charge < -0.3 is 15.8 Å². The van der Waals surface area contributed by atoms with E-state index in [1.54, 1.807) is 7.11 Å².